The molecule has 2 heterocycles. The first kappa shape index (κ1) is 15.9. The topological polar surface area (TPSA) is 91.2 Å². The summed E-state index contributed by atoms with van der Waals surface area (Å²) >= 11 is 0. The fraction of sp³-hybridized carbons (Fsp3) is 0.294. The number of nitrogens with zero attached hydrogens (tertiary/aromatic N) is 3. The molecule has 1 aromatic carbocycles. The van der Waals surface area contributed by atoms with Gasteiger partial charge in [-0.3, -0.25) is 4.79 Å². The van der Waals surface area contributed by atoms with E-state index in [0.29, 0.717) is 24.0 Å². The Hall–Kier alpha value is -2.96. The second kappa shape index (κ2) is 7.08. The van der Waals surface area contributed by atoms with Gasteiger partial charge in [0.1, 0.15) is 0 Å². The summed E-state index contributed by atoms with van der Waals surface area (Å²) in [6, 6.07) is 9.50. The van der Waals surface area contributed by atoms with Crippen LogP contribution < -0.4 is 0 Å². The molecule has 0 atom stereocenters. The third kappa shape index (κ3) is 4.07. The minimum atomic E-state index is -0.362. The van der Waals surface area contributed by atoms with Gasteiger partial charge < -0.3 is 13.7 Å². The molecule has 0 N–H and O–H groups in total. The zero-order valence-electron chi connectivity index (χ0n) is 13.5. The van der Waals surface area contributed by atoms with Crippen molar-refractivity contribution in [1.29, 1.82) is 0 Å². The maximum atomic E-state index is 11.7. The zero-order chi connectivity index (χ0) is 16.9. The van der Waals surface area contributed by atoms with Crippen LogP contribution in [-0.4, -0.2) is 21.3 Å². The second-order valence-electron chi connectivity index (χ2n) is 5.46. The van der Waals surface area contributed by atoms with Gasteiger partial charge in [-0.25, -0.2) is 0 Å². The minimum absolute atomic E-state index is 0.0676. The van der Waals surface area contributed by atoms with Crippen LogP contribution in [0.15, 0.2) is 39.3 Å². The first-order chi connectivity index (χ1) is 11.6. The van der Waals surface area contributed by atoms with Crippen molar-refractivity contribution in [3.05, 3.63) is 53.2 Å². The number of hydrogen-bond donors (Lipinski definition) is 0. The lowest BCUT2D eigenvalue weighted by atomic mass is 10.1. The number of aromatic nitrogens is 3. The highest BCUT2D eigenvalue weighted by atomic mass is 16.5. The fourth-order valence-corrected chi connectivity index (χ4v) is 2.08. The van der Waals surface area contributed by atoms with E-state index in [4.69, 9.17) is 13.7 Å². The third-order valence-electron chi connectivity index (χ3n) is 3.36. The normalized spacial score (nSPS) is 10.8. The highest BCUT2D eigenvalue weighted by Crippen LogP contribution is 2.18. The van der Waals surface area contributed by atoms with E-state index < -0.39 is 0 Å². The number of carbonyl (C=O) groups excluding carboxylic acids is 1. The number of carbonyl (C=O) groups is 1. The van der Waals surface area contributed by atoms with Gasteiger partial charge in [-0.1, -0.05) is 22.9 Å². The molecular weight excluding hydrogens is 310 g/mol. The standard InChI is InChI=1S/C17H17N3O4/c1-11-3-5-13(6-4-11)17-19-18-15(23-17)7-8-16(21)22-10-14-9-12(2)20-24-14/h3-6,9H,7-8,10H2,1-2H3. The van der Waals surface area contributed by atoms with Gasteiger partial charge in [0.25, 0.3) is 0 Å². The highest BCUT2D eigenvalue weighted by molar-refractivity contribution is 5.69. The summed E-state index contributed by atoms with van der Waals surface area (Å²) in [5.41, 5.74) is 2.75. The van der Waals surface area contributed by atoms with Gasteiger partial charge in [0.15, 0.2) is 12.4 Å². The summed E-state index contributed by atoms with van der Waals surface area (Å²) in [5, 5.41) is 11.7. The van der Waals surface area contributed by atoms with E-state index in [9.17, 15) is 4.79 Å². The summed E-state index contributed by atoms with van der Waals surface area (Å²) in [6.07, 6.45) is 0.482. The van der Waals surface area contributed by atoms with Crippen molar-refractivity contribution in [3.8, 4) is 11.5 Å². The Morgan fingerprint density at radius 3 is 2.67 bits per heavy atom. The molecule has 0 bridgehead atoms. The molecule has 3 aromatic rings. The zero-order valence-corrected chi connectivity index (χ0v) is 13.5. The summed E-state index contributed by atoms with van der Waals surface area (Å²) in [7, 11) is 0. The van der Waals surface area contributed by atoms with Gasteiger partial charge in [-0.15, -0.1) is 10.2 Å². The summed E-state index contributed by atoms with van der Waals surface area (Å²) in [6.45, 7) is 3.88. The van der Waals surface area contributed by atoms with Gasteiger partial charge in [-0.05, 0) is 26.0 Å². The predicted molar refractivity (Wildman–Crippen MR) is 83.8 cm³/mol. The van der Waals surface area contributed by atoms with Crippen LogP contribution in [0.3, 0.4) is 0 Å². The quantitative estimate of drug-likeness (QED) is 0.643. The lowest BCUT2D eigenvalue weighted by Gasteiger charge is -2.00. The third-order valence-corrected chi connectivity index (χ3v) is 3.36. The molecule has 0 fully saturated rings. The van der Waals surface area contributed by atoms with E-state index in [1.54, 1.807) is 13.0 Å². The van der Waals surface area contributed by atoms with E-state index in [2.05, 4.69) is 15.4 Å². The lowest BCUT2D eigenvalue weighted by molar-refractivity contribution is -0.145. The number of esters is 1. The molecule has 7 heteroatoms. The van der Waals surface area contributed by atoms with Gasteiger partial charge in [0.05, 0.1) is 12.1 Å². The minimum Gasteiger partial charge on any atom is -0.457 e. The summed E-state index contributed by atoms with van der Waals surface area (Å²) < 4.78 is 15.6. The molecule has 0 radical (unpaired) electrons. The number of rotatable bonds is 6. The van der Waals surface area contributed by atoms with Crippen molar-refractivity contribution in [1.82, 2.24) is 15.4 Å². The Morgan fingerprint density at radius 1 is 1.17 bits per heavy atom. The van der Waals surface area contributed by atoms with Crippen molar-refractivity contribution in [2.24, 2.45) is 0 Å². The Kier molecular flexibility index (Phi) is 4.69. The maximum absolute atomic E-state index is 11.7. The van der Waals surface area contributed by atoms with E-state index in [0.717, 1.165) is 16.8 Å². The van der Waals surface area contributed by atoms with Crippen molar-refractivity contribution in [3.63, 3.8) is 0 Å². The molecule has 2 aromatic heterocycles. The van der Waals surface area contributed by atoms with E-state index in [1.807, 2.05) is 31.2 Å². The molecule has 0 spiro atoms. The van der Waals surface area contributed by atoms with Crippen LogP contribution in [0.25, 0.3) is 11.5 Å². The Labute approximate surface area is 138 Å². The lowest BCUT2D eigenvalue weighted by Crippen LogP contribution is -2.05. The molecule has 7 nitrogen and oxygen atoms in total. The van der Waals surface area contributed by atoms with Crippen LogP contribution in [0.1, 0.15) is 29.3 Å². The summed E-state index contributed by atoms with van der Waals surface area (Å²) in [5.74, 6) is 0.993. The van der Waals surface area contributed by atoms with E-state index >= 15 is 0 Å². The SMILES string of the molecule is Cc1ccc(-c2nnc(CCC(=O)OCc3cc(C)no3)o2)cc1. The predicted octanol–water partition coefficient (Wildman–Crippen LogP) is 3.02. The van der Waals surface area contributed by atoms with Crippen LogP contribution in [-0.2, 0) is 22.6 Å². The average molecular weight is 327 g/mol. The molecule has 24 heavy (non-hydrogen) atoms. The smallest absolute Gasteiger partial charge is 0.306 e. The highest BCUT2D eigenvalue weighted by Gasteiger charge is 2.12. The first-order valence-electron chi connectivity index (χ1n) is 7.57. The monoisotopic (exact) mass is 327 g/mol. The number of benzene rings is 1. The molecule has 124 valence electrons. The molecule has 0 saturated carbocycles. The van der Waals surface area contributed by atoms with Crippen LogP contribution in [0, 0.1) is 13.8 Å². The molecule has 0 aliphatic rings. The number of ether oxygens (including phenoxy) is 1. The molecule has 0 aliphatic heterocycles. The molecule has 0 saturated heterocycles. The summed E-state index contributed by atoms with van der Waals surface area (Å²) in [4.78, 5) is 11.7. The van der Waals surface area contributed by atoms with Crippen molar-refractivity contribution >= 4 is 5.97 Å². The average Bonchev–Trinajstić information content (AvgIpc) is 3.21. The molecular formula is C17H17N3O4. The van der Waals surface area contributed by atoms with Gasteiger partial charge >= 0.3 is 5.97 Å². The number of hydrogen-bond acceptors (Lipinski definition) is 7. The largest absolute Gasteiger partial charge is 0.457 e. The van der Waals surface area contributed by atoms with Crippen LogP contribution >= 0.6 is 0 Å². The molecule has 3 rings (SSSR count). The Morgan fingerprint density at radius 2 is 1.96 bits per heavy atom. The molecule has 0 unspecified atom stereocenters. The van der Waals surface area contributed by atoms with Crippen molar-refractivity contribution in [2.75, 3.05) is 0 Å². The van der Waals surface area contributed by atoms with Crippen LogP contribution in [0.5, 0.6) is 0 Å². The Balaban J connectivity index is 1.49. The van der Waals surface area contributed by atoms with E-state index in [-0.39, 0.29) is 19.0 Å². The van der Waals surface area contributed by atoms with E-state index in [1.165, 1.54) is 0 Å². The van der Waals surface area contributed by atoms with Gasteiger partial charge in [0.2, 0.25) is 11.8 Å². The molecule has 0 aliphatic carbocycles. The van der Waals surface area contributed by atoms with Gasteiger partial charge in [0, 0.05) is 18.1 Å². The second-order valence-corrected chi connectivity index (χ2v) is 5.46. The van der Waals surface area contributed by atoms with Crippen LogP contribution in [0.2, 0.25) is 0 Å². The molecule has 0 amide bonds. The van der Waals surface area contributed by atoms with Crippen LogP contribution in [0.4, 0.5) is 0 Å². The maximum Gasteiger partial charge on any atom is 0.306 e. The van der Waals surface area contributed by atoms with Crippen molar-refractivity contribution < 1.29 is 18.5 Å². The number of aryl methyl sites for hydroxylation is 3. The first-order valence-corrected chi connectivity index (χ1v) is 7.57. The van der Waals surface area contributed by atoms with Gasteiger partial charge in [-0.2, -0.15) is 0 Å². The fourth-order valence-electron chi connectivity index (χ4n) is 2.08. The Bertz CT molecular complexity index is 820. The van der Waals surface area contributed by atoms with Crippen molar-refractivity contribution in [2.45, 2.75) is 33.3 Å².